The van der Waals surface area contributed by atoms with Gasteiger partial charge in [0.2, 0.25) is 5.82 Å². The maximum absolute atomic E-state index is 10.3. The van der Waals surface area contributed by atoms with Gasteiger partial charge in [-0.15, -0.1) is 0 Å². The Kier molecular flexibility index (Phi) is 1.73. The van der Waals surface area contributed by atoms with E-state index in [0.717, 1.165) is 6.20 Å². The molecule has 0 fully saturated rings. The maximum Gasteiger partial charge on any atom is 0.332 e. The van der Waals surface area contributed by atoms with Gasteiger partial charge in [-0.05, 0) is 0 Å². The molecule has 0 aliphatic carbocycles. The number of nitrogens with zero attached hydrogens (tertiary/aromatic N) is 3. The van der Waals surface area contributed by atoms with Gasteiger partial charge in [0.25, 0.3) is 0 Å². The van der Waals surface area contributed by atoms with Crippen LogP contribution in [0.4, 0.5) is 11.5 Å². The molecular weight excluding hydrogens is 150 g/mol. The van der Waals surface area contributed by atoms with Gasteiger partial charge in [0.05, 0.1) is 4.92 Å². The van der Waals surface area contributed by atoms with E-state index in [1.165, 1.54) is 4.68 Å². The summed E-state index contributed by atoms with van der Waals surface area (Å²) in [4.78, 5) is 9.70. The van der Waals surface area contributed by atoms with E-state index < -0.39 is 4.92 Å². The Morgan fingerprint density at radius 1 is 1.91 bits per heavy atom. The molecule has 0 atom stereocenters. The lowest BCUT2D eigenvalue weighted by Gasteiger charge is -1.97. The Labute approximate surface area is 61.9 Å². The molecule has 7 nitrogen and oxygen atoms in total. The second-order valence-electron chi connectivity index (χ2n) is 1.90. The number of hydrogen-bond donors (Lipinski definition) is 2. The summed E-state index contributed by atoms with van der Waals surface area (Å²) in [5.74, 6) is 5.21. The fourth-order valence-corrected chi connectivity index (χ4v) is 0.727. The van der Waals surface area contributed by atoms with Crippen LogP contribution in [0.5, 0.6) is 0 Å². The minimum absolute atomic E-state index is 0.130. The van der Waals surface area contributed by atoms with Crippen molar-refractivity contribution in [1.82, 2.24) is 9.78 Å². The van der Waals surface area contributed by atoms with E-state index in [-0.39, 0.29) is 11.5 Å². The van der Waals surface area contributed by atoms with Crippen molar-refractivity contribution in [3.8, 4) is 0 Å². The van der Waals surface area contributed by atoms with Gasteiger partial charge in [-0.1, -0.05) is 0 Å². The average molecular weight is 157 g/mol. The molecule has 3 N–H and O–H groups in total. The highest BCUT2D eigenvalue weighted by molar-refractivity contribution is 5.54. The van der Waals surface area contributed by atoms with Gasteiger partial charge in [-0.2, -0.15) is 5.10 Å². The van der Waals surface area contributed by atoms with Crippen LogP contribution in [0, 0.1) is 10.1 Å². The predicted octanol–water partition coefficient (Wildman–Crippen LogP) is -0.386. The van der Waals surface area contributed by atoms with Crippen LogP contribution in [-0.4, -0.2) is 14.7 Å². The molecule has 0 unspecified atom stereocenters. The SMILES string of the molecule is Cn1ncc([N+](=O)[O-])c1NN. The number of hydrogen-bond acceptors (Lipinski definition) is 5. The zero-order chi connectivity index (χ0) is 8.43. The Morgan fingerprint density at radius 2 is 2.55 bits per heavy atom. The van der Waals surface area contributed by atoms with Gasteiger partial charge in [0.15, 0.2) is 0 Å². The minimum atomic E-state index is -0.553. The Balaban J connectivity index is 3.15. The second-order valence-corrected chi connectivity index (χ2v) is 1.90. The molecular formula is C4H7N5O2. The molecule has 11 heavy (non-hydrogen) atoms. The molecule has 0 aliphatic heterocycles. The predicted molar refractivity (Wildman–Crippen MR) is 37.7 cm³/mol. The van der Waals surface area contributed by atoms with Crippen molar-refractivity contribution in [3.63, 3.8) is 0 Å². The Hall–Kier alpha value is -1.63. The fraction of sp³-hybridized carbons (Fsp3) is 0.250. The molecule has 0 saturated heterocycles. The number of hydrazine groups is 1. The van der Waals surface area contributed by atoms with Crippen LogP contribution in [0.1, 0.15) is 0 Å². The van der Waals surface area contributed by atoms with Crippen molar-refractivity contribution in [1.29, 1.82) is 0 Å². The molecule has 0 bridgehead atoms. The number of anilines is 1. The van der Waals surface area contributed by atoms with Crippen LogP contribution in [0.25, 0.3) is 0 Å². The van der Waals surface area contributed by atoms with Crippen LogP contribution in [0.2, 0.25) is 0 Å². The zero-order valence-corrected chi connectivity index (χ0v) is 5.81. The normalized spacial score (nSPS) is 9.64. The monoisotopic (exact) mass is 157 g/mol. The molecule has 0 aliphatic rings. The van der Waals surface area contributed by atoms with Crippen molar-refractivity contribution in [3.05, 3.63) is 16.3 Å². The lowest BCUT2D eigenvalue weighted by Crippen LogP contribution is -2.12. The maximum atomic E-state index is 10.3. The fourth-order valence-electron chi connectivity index (χ4n) is 0.727. The lowest BCUT2D eigenvalue weighted by molar-refractivity contribution is -0.384. The highest BCUT2D eigenvalue weighted by atomic mass is 16.6. The summed E-state index contributed by atoms with van der Waals surface area (Å²) in [7, 11) is 1.56. The number of nitrogens with one attached hydrogen (secondary N) is 1. The van der Waals surface area contributed by atoms with Gasteiger partial charge in [-0.3, -0.25) is 10.1 Å². The van der Waals surface area contributed by atoms with Gasteiger partial charge in [0.1, 0.15) is 6.20 Å². The third-order valence-electron chi connectivity index (χ3n) is 1.25. The highest BCUT2D eigenvalue weighted by Gasteiger charge is 2.16. The molecule has 1 rings (SSSR count). The van der Waals surface area contributed by atoms with Gasteiger partial charge in [0, 0.05) is 7.05 Å². The molecule has 0 amide bonds. The van der Waals surface area contributed by atoms with E-state index in [1.54, 1.807) is 7.05 Å². The number of aryl methyl sites for hydroxylation is 1. The zero-order valence-electron chi connectivity index (χ0n) is 5.81. The third kappa shape index (κ3) is 1.13. The summed E-state index contributed by atoms with van der Waals surface area (Å²) >= 11 is 0. The first-order chi connectivity index (χ1) is 5.16. The van der Waals surface area contributed by atoms with E-state index in [1.807, 2.05) is 0 Å². The molecule has 0 saturated carbocycles. The standard InChI is InChI=1S/C4H7N5O2/c1-8-4(7-5)3(2-6-8)9(10)11/h2,7H,5H2,1H3. The van der Waals surface area contributed by atoms with E-state index in [4.69, 9.17) is 5.84 Å². The molecule has 60 valence electrons. The summed E-state index contributed by atoms with van der Waals surface area (Å²) in [6, 6.07) is 0. The second kappa shape index (κ2) is 2.54. The lowest BCUT2D eigenvalue weighted by atomic mass is 10.5. The summed E-state index contributed by atoms with van der Waals surface area (Å²) in [5.41, 5.74) is 2.05. The minimum Gasteiger partial charge on any atom is -0.303 e. The number of nitrogens with two attached hydrogens (primary N) is 1. The van der Waals surface area contributed by atoms with Crippen molar-refractivity contribution in [2.24, 2.45) is 12.9 Å². The molecule has 0 spiro atoms. The first-order valence-corrected chi connectivity index (χ1v) is 2.80. The average Bonchev–Trinajstić information content (AvgIpc) is 2.30. The summed E-state index contributed by atoms with van der Waals surface area (Å²) in [6.45, 7) is 0. The Bertz CT molecular complexity index is 280. The number of nitrogen functional groups attached to an aromatic ring is 1. The summed E-state index contributed by atoms with van der Waals surface area (Å²) in [6.07, 6.45) is 1.13. The van der Waals surface area contributed by atoms with E-state index in [9.17, 15) is 10.1 Å². The van der Waals surface area contributed by atoms with Gasteiger partial charge >= 0.3 is 5.69 Å². The van der Waals surface area contributed by atoms with Crippen molar-refractivity contribution in [2.75, 3.05) is 5.43 Å². The molecule has 1 aromatic heterocycles. The first-order valence-electron chi connectivity index (χ1n) is 2.80. The van der Waals surface area contributed by atoms with Crippen LogP contribution in [0.15, 0.2) is 6.20 Å². The van der Waals surface area contributed by atoms with Gasteiger partial charge < -0.3 is 5.43 Å². The first kappa shape index (κ1) is 7.48. The quantitative estimate of drug-likeness (QED) is 0.346. The number of nitro groups is 1. The van der Waals surface area contributed by atoms with Crippen LogP contribution < -0.4 is 11.3 Å². The molecule has 7 heteroatoms. The number of aromatic nitrogens is 2. The molecule has 1 heterocycles. The van der Waals surface area contributed by atoms with E-state index in [2.05, 4.69) is 10.5 Å². The number of rotatable bonds is 2. The van der Waals surface area contributed by atoms with Gasteiger partial charge in [-0.25, -0.2) is 10.5 Å². The van der Waals surface area contributed by atoms with Crippen LogP contribution >= 0.6 is 0 Å². The molecule has 0 radical (unpaired) electrons. The summed E-state index contributed by atoms with van der Waals surface area (Å²) < 4.78 is 1.29. The van der Waals surface area contributed by atoms with E-state index in [0.29, 0.717) is 0 Å². The largest absolute Gasteiger partial charge is 0.332 e. The van der Waals surface area contributed by atoms with Crippen molar-refractivity contribution < 1.29 is 4.92 Å². The smallest absolute Gasteiger partial charge is 0.303 e. The molecule has 1 aromatic rings. The van der Waals surface area contributed by atoms with Crippen LogP contribution in [-0.2, 0) is 7.05 Å². The molecule has 0 aromatic carbocycles. The Morgan fingerprint density at radius 3 is 2.91 bits per heavy atom. The topological polar surface area (TPSA) is 99.0 Å². The van der Waals surface area contributed by atoms with Crippen LogP contribution in [0.3, 0.4) is 0 Å². The van der Waals surface area contributed by atoms with Crippen molar-refractivity contribution >= 4 is 11.5 Å². The highest BCUT2D eigenvalue weighted by Crippen LogP contribution is 2.20. The summed E-state index contributed by atoms with van der Waals surface area (Å²) in [5, 5.41) is 13.9. The van der Waals surface area contributed by atoms with E-state index >= 15 is 0 Å². The third-order valence-corrected chi connectivity index (χ3v) is 1.25. The van der Waals surface area contributed by atoms with Crippen molar-refractivity contribution in [2.45, 2.75) is 0 Å².